The molecule has 0 bridgehead atoms. The van der Waals surface area contributed by atoms with E-state index in [1.54, 1.807) is 48.5 Å². The average molecular weight is 542 g/mol. The van der Waals surface area contributed by atoms with E-state index in [1.165, 1.54) is 6.08 Å². The lowest BCUT2D eigenvalue weighted by atomic mass is 10.2. The number of nitrogens with one attached hydrogen (secondary N) is 2. The number of hydrogen-bond acceptors (Lipinski definition) is 7. The number of imide groups is 1. The van der Waals surface area contributed by atoms with Crippen molar-refractivity contribution >= 4 is 35.1 Å². The molecule has 1 aliphatic heterocycles. The number of carbonyl (C=O) groups is 2. The first-order valence-corrected chi connectivity index (χ1v) is 11.6. The number of urea groups is 1. The Hall–Kier alpha value is -4.78. The van der Waals surface area contributed by atoms with E-state index in [-0.39, 0.29) is 18.1 Å². The van der Waals surface area contributed by atoms with E-state index in [2.05, 4.69) is 15.0 Å². The number of allylic oxidation sites excluding steroid dienone is 1. The molecule has 3 aromatic rings. The van der Waals surface area contributed by atoms with Crippen LogP contribution >= 0.6 is 11.6 Å². The average Bonchev–Trinajstić information content (AvgIpc) is 2.86. The summed E-state index contributed by atoms with van der Waals surface area (Å²) in [6.07, 6.45) is 2.31. The number of aliphatic imine (C=N–C) groups is 1. The number of halogens is 2. The number of aromatic amines is 1. The van der Waals surface area contributed by atoms with Crippen molar-refractivity contribution in [3.63, 3.8) is 0 Å². The Balaban J connectivity index is 1.71. The van der Waals surface area contributed by atoms with Crippen molar-refractivity contribution in [2.75, 3.05) is 0 Å². The van der Waals surface area contributed by atoms with Crippen molar-refractivity contribution < 1.29 is 18.7 Å². The maximum Gasteiger partial charge on any atom is 0.335 e. The predicted molar refractivity (Wildman–Crippen MR) is 136 cm³/mol. The zero-order chi connectivity index (χ0) is 27.2. The second-order valence-electron chi connectivity index (χ2n) is 8.03. The first-order valence-electron chi connectivity index (χ1n) is 11.2. The Bertz CT molecular complexity index is 1620. The minimum atomic E-state index is -1.12. The monoisotopic (exact) mass is 541 g/mol. The van der Waals surface area contributed by atoms with Gasteiger partial charge in [0.2, 0.25) is 17.5 Å². The summed E-state index contributed by atoms with van der Waals surface area (Å²) >= 11 is 5.95. The molecule has 0 saturated heterocycles. The fraction of sp³-hybridized carbons (Fsp3) is 0.167. The molecule has 4 rings (SSSR count). The summed E-state index contributed by atoms with van der Waals surface area (Å²) in [4.78, 5) is 59.5. The van der Waals surface area contributed by atoms with Gasteiger partial charge in [-0.2, -0.15) is 9.38 Å². The molecule has 2 heterocycles. The highest BCUT2D eigenvalue weighted by Crippen LogP contribution is 2.20. The van der Waals surface area contributed by atoms with Gasteiger partial charge in [0, 0.05) is 11.4 Å². The minimum absolute atomic E-state index is 0.0246. The van der Waals surface area contributed by atoms with Gasteiger partial charge < -0.3 is 10.5 Å². The molecule has 196 valence electrons. The van der Waals surface area contributed by atoms with Crippen LogP contribution in [0.3, 0.4) is 0 Å². The summed E-state index contributed by atoms with van der Waals surface area (Å²) in [5.41, 5.74) is 4.08. The number of rotatable bonds is 6. The van der Waals surface area contributed by atoms with Crippen LogP contribution in [-0.4, -0.2) is 32.0 Å². The van der Waals surface area contributed by atoms with Crippen LogP contribution in [0.2, 0.25) is 5.02 Å². The van der Waals surface area contributed by atoms with Crippen LogP contribution in [0.15, 0.2) is 80.1 Å². The number of nitrogens with zero attached hydrogens (tertiary/aromatic N) is 4. The van der Waals surface area contributed by atoms with E-state index in [4.69, 9.17) is 22.1 Å². The molecule has 12 nitrogen and oxygen atoms in total. The highest BCUT2D eigenvalue weighted by molar-refractivity contribution is 6.30. The van der Waals surface area contributed by atoms with Gasteiger partial charge in [0.15, 0.2) is 5.90 Å². The highest BCUT2D eigenvalue weighted by Gasteiger charge is 2.14. The highest BCUT2D eigenvalue weighted by atomic mass is 35.5. The molecular formula is C24H21ClFN7O5. The molecule has 4 N–H and O–H groups in total. The number of hydrogen-bond donors (Lipinski definition) is 3. The van der Waals surface area contributed by atoms with Gasteiger partial charge in [-0.25, -0.2) is 23.9 Å². The largest absolute Gasteiger partial charge is 0.443 e. The number of benzene rings is 2. The SMILES string of the molecule is NC(=O)NC(=O)Cn1c(=O)[nH]/c(=N\c2ccc(OC3=NC(F)=CCC3)cc2)n(Cc2ccc(Cl)cc2)c1=O. The van der Waals surface area contributed by atoms with E-state index in [9.17, 15) is 23.6 Å². The lowest BCUT2D eigenvalue weighted by Crippen LogP contribution is -2.52. The predicted octanol–water partition coefficient (Wildman–Crippen LogP) is 1.85. The first kappa shape index (κ1) is 26.3. The smallest absolute Gasteiger partial charge is 0.335 e. The van der Waals surface area contributed by atoms with Crippen LogP contribution in [-0.2, 0) is 17.9 Å². The number of primary amides is 1. The summed E-state index contributed by atoms with van der Waals surface area (Å²) in [7, 11) is 0. The number of carbonyl (C=O) groups excluding carboxylic acids is 2. The molecule has 1 aliphatic rings. The van der Waals surface area contributed by atoms with Gasteiger partial charge in [-0.1, -0.05) is 23.7 Å². The molecule has 0 atom stereocenters. The standard InChI is InChI=1S/C24H21ClFN7O5/c25-15-6-4-14(5-7-15)12-32-22(31-23(36)33(24(32)37)13-19(34)30-21(27)35)28-16-8-10-17(11-9-16)38-20-3-1-2-18(26)29-20/h2,4-11H,1,3,12-13H2,(H,28,31,36)(H3,27,30,34,35). The fourth-order valence-corrected chi connectivity index (χ4v) is 3.60. The van der Waals surface area contributed by atoms with Crippen molar-refractivity contribution in [1.29, 1.82) is 0 Å². The quantitative estimate of drug-likeness (QED) is 0.404. The maximum atomic E-state index is 13.3. The van der Waals surface area contributed by atoms with E-state index in [1.807, 2.05) is 5.32 Å². The van der Waals surface area contributed by atoms with Gasteiger partial charge in [-0.15, -0.1) is 0 Å². The molecule has 0 spiro atoms. The van der Waals surface area contributed by atoms with E-state index in [0.29, 0.717) is 39.4 Å². The summed E-state index contributed by atoms with van der Waals surface area (Å²) < 4.78 is 20.7. The third kappa shape index (κ3) is 6.70. The molecule has 0 aliphatic carbocycles. The topological polar surface area (TPSA) is 166 Å². The molecule has 38 heavy (non-hydrogen) atoms. The Morgan fingerprint density at radius 3 is 2.50 bits per heavy atom. The molecule has 2 aromatic carbocycles. The molecule has 0 unspecified atom stereocenters. The number of aromatic nitrogens is 3. The maximum absolute atomic E-state index is 13.3. The lowest BCUT2D eigenvalue weighted by Gasteiger charge is -2.11. The van der Waals surface area contributed by atoms with Gasteiger partial charge in [-0.05, 0) is 54.5 Å². The lowest BCUT2D eigenvalue weighted by molar-refractivity contribution is -0.120. The van der Waals surface area contributed by atoms with Crippen molar-refractivity contribution in [2.24, 2.45) is 15.7 Å². The van der Waals surface area contributed by atoms with Crippen molar-refractivity contribution in [1.82, 2.24) is 19.4 Å². The third-order valence-corrected chi connectivity index (χ3v) is 5.46. The second kappa shape index (κ2) is 11.5. The fourth-order valence-electron chi connectivity index (χ4n) is 3.47. The summed E-state index contributed by atoms with van der Waals surface area (Å²) in [5.74, 6) is -0.908. The number of nitrogens with two attached hydrogens (primary N) is 1. The second-order valence-corrected chi connectivity index (χ2v) is 8.46. The Kier molecular flexibility index (Phi) is 7.97. The van der Waals surface area contributed by atoms with Gasteiger partial charge in [0.05, 0.1) is 12.2 Å². The first-order chi connectivity index (χ1) is 18.2. The van der Waals surface area contributed by atoms with Crippen LogP contribution in [0.5, 0.6) is 5.75 Å². The third-order valence-electron chi connectivity index (χ3n) is 5.21. The summed E-state index contributed by atoms with van der Waals surface area (Å²) in [6, 6.07) is 11.8. The zero-order valence-electron chi connectivity index (χ0n) is 19.7. The van der Waals surface area contributed by atoms with Gasteiger partial charge in [-0.3, -0.25) is 19.7 Å². The van der Waals surface area contributed by atoms with Crippen LogP contribution < -0.4 is 32.8 Å². The van der Waals surface area contributed by atoms with Crippen LogP contribution in [0.4, 0.5) is 14.9 Å². The van der Waals surface area contributed by atoms with Crippen molar-refractivity contribution in [3.8, 4) is 5.75 Å². The molecule has 0 saturated carbocycles. The van der Waals surface area contributed by atoms with Crippen molar-refractivity contribution in [2.45, 2.75) is 25.9 Å². The van der Waals surface area contributed by atoms with Gasteiger partial charge in [0.25, 0.3) is 0 Å². The molecule has 0 fully saturated rings. The summed E-state index contributed by atoms with van der Waals surface area (Å²) in [5, 5.41) is 2.30. The minimum Gasteiger partial charge on any atom is -0.443 e. The zero-order valence-corrected chi connectivity index (χ0v) is 20.4. The van der Waals surface area contributed by atoms with E-state index >= 15 is 0 Å². The number of H-pyrrole nitrogens is 1. The number of amides is 3. The molecule has 1 aromatic heterocycles. The van der Waals surface area contributed by atoms with Crippen molar-refractivity contribution in [3.05, 3.63) is 97.7 Å². The summed E-state index contributed by atoms with van der Waals surface area (Å²) in [6.45, 7) is -0.771. The van der Waals surface area contributed by atoms with Gasteiger partial charge in [0.1, 0.15) is 12.3 Å². The van der Waals surface area contributed by atoms with E-state index in [0.717, 1.165) is 4.57 Å². The van der Waals surface area contributed by atoms with Crippen LogP contribution in [0.25, 0.3) is 0 Å². The Labute approximate surface area is 218 Å². The molecule has 14 heteroatoms. The number of ether oxygens (including phenoxy) is 1. The van der Waals surface area contributed by atoms with Crippen LogP contribution in [0, 0.1) is 0 Å². The molecule has 0 radical (unpaired) electrons. The Morgan fingerprint density at radius 2 is 1.84 bits per heavy atom. The Morgan fingerprint density at radius 1 is 1.13 bits per heavy atom. The molecule has 3 amide bonds. The van der Waals surface area contributed by atoms with Crippen LogP contribution in [0.1, 0.15) is 18.4 Å². The normalized spacial score (nSPS) is 13.5. The van der Waals surface area contributed by atoms with Gasteiger partial charge >= 0.3 is 17.4 Å². The van der Waals surface area contributed by atoms with E-state index < -0.39 is 35.8 Å². The molecular weight excluding hydrogens is 521 g/mol.